The fourth-order valence-electron chi connectivity index (χ4n) is 2.42. The van der Waals surface area contributed by atoms with Gasteiger partial charge in [0.2, 0.25) is 0 Å². The lowest BCUT2D eigenvalue weighted by molar-refractivity contribution is 0.462. The molecule has 2 aromatic rings. The summed E-state index contributed by atoms with van der Waals surface area (Å²) in [6, 6.07) is 2.04. The van der Waals surface area contributed by atoms with E-state index < -0.39 is 0 Å². The third-order valence-electron chi connectivity index (χ3n) is 3.42. The maximum Gasteiger partial charge on any atom is 0.114 e. The van der Waals surface area contributed by atoms with Crippen LogP contribution in [0.4, 0.5) is 0 Å². The van der Waals surface area contributed by atoms with Crippen molar-refractivity contribution in [3.8, 4) is 0 Å². The molecule has 4 heteroatoms. The van der Waals surface area contributed by atoms with Gasteiger partial charge in [0, 0.05) is 25.2 Å². The third-order valence-corrected chi connectivity index (χ3v) is 3.42. The topological polar surface area (TPSA) is 56.7 Å². The van der Waals surface area contributed by atoms with Gasteiger partial charge >= 0.3 is 0 Å². The Kier molecular flexibility index (Phi) is 3.97. The summed E-state index contributed by atoms with van der Waals surface area (Å²) in [5.41, 5.74) is 8.06. The lowest BCUT2D eigenvalue weighted by Gasteiger charge is -2.20. The molecule has 0 fully saturated rings. The lowest BCUT2D eigenvalue weighted by atomic mass is 9.95. The molecule has 0 amide bonds. The predicted molar refractivity (Wildman–Crippen MR) is 74.5 cm³/mol. The minimum Gasteiger partial charge on any atom is -0.330 e. The van der Waals surface area contributed by atoms with Crippen molar-refractivity contribution in [1.29, 1.82) is 0 Å². The second-order valence-corrected chi connectivity index (χ2v) is 5.07. The van der Waals surface area contributed by atoms with Crippen molar-refractivity contribution >= 4 is 11.0 Å². The number of pyridine rings is 1. The molecule has 2 N–H and O–H groups in total. The highest BCUT2D eigenvalue weighted by Crippen LogP contribution is 2.26. The summed E-state index contributed by atoms with van der Waals surface area (Å²) in [6.07, 6.45) is 4.75. The molecular formula is C14H22N4. The van der Waals surface area contributed by atoms with Gasteiger partial charge in [0.1, 0.15) is 11.3 Å². The average Bonchev–Trinajstić information content (AvgIpc) is 2.70. The van der Waals surface area contributed by atoms with Crippen LogP contribution in [0.2, 0.25) is 0 Å². The van der Waals surface area contributed by atoms with Crippen LogP contribution in [0.15, 0.2) is 18.5 Å². The largest absolute Gasteiger partial charge is 0.330 e. The summed E-state index contributed by atoms with van der Waals surface area (Å²) in [4.78, 5) is 8.89. The highest BCUT2D eigenvalue weighted by Gasteiger charge is 2.21. The molecule has 1 unspecified atom stereocenters. The molecule has 0 saturated carbocycles. The number of imidazole rings is 1. The van der Waals surface area contributed by atoms with E-state index in [9.17, 15) is 0 Å². The van der Waals surface area contributed by atoms with E-state index in [1.165, 1.54) is 5.52 Å². The fraction of sp³-hybridized carbons (Fsp3) is 0.571. The summed E-state index contributed by atoms with van der Waals surface area (Å²) in [6.45, 7) is 8.21. The van der Waals surface area contributed by atoms with Crippen molar-refractivity contribution in [3.63, 3.8) is 0 Å². The average molecular weight is 246 g/mol. The molecule has 2 heterocycles. The molecule has 0 aliphatic rings. The van der Waals surface area contributed by atoms with Gasteiger partial charge in [-0.3, -0.25) is 4.98 Å². The zero-order valence-corrected chi connectivity index (χ0v) is 11.4. The molecule has 0 aromatic carbocycles. The Balaban J connectivity index is 2.57. The smallest absolute Gasteiger partial charge is 0.114 e. The summed E-state index contributed by atoms with van der Waals surface area (Å²) in [5, 5.41) is 0. The van der Waals surface area contributed by atoms with E-state index in [1.54, 1.807) is 0 Å². The van der Waals surface area contributed by atoms with Gasteiger partial charge in [0.25, 0.3) is 0 Å². The summed E-state index contributed by atoms with van der Waals surface area (Å²) >= 11 is 0. The van der Waals surface area contributed by atoms with Crippen LogP contribution in [0.5, 0.6) is 0 Å². The number of fused-ring (bicyclic) bond motifs is 1. The van der Waals surface area contributed by atoms with E-state index in [0.717, 1.165) is 24.3 Å². The molecule has 0 spiro atoms. The standard InChI is InChI=1S/C14H22N4/c1-4-7-18-13-5-6-16-9-12(13)17-14(18)11(8-15)10(2)3/h5-6,9-11H,4,7-8,15H2,1-3H3. The van der Waals surface area contributed by atoms with E-state index >= 15 is 0 Å². The summed E-state index contributed by atoms with van der Waals surface area (Å²) in [7, 11) is 0. The van der Waals surface area contributed by atoms with Crippen LogP contribution in [0.1, 0.15) is 38.9 Å². The van der Waals surface area contributed by atoms with E-state index in [2.05, 4.69) is 30.3 Å². The van der Waals surface area contributed by atoms with Gasteiger partial charge in [-0.1, -0.05) is 20.8 Å². The number of aromatic nitrogens is 3. The Bertz CT molecular complexity index is 515. The van der Waals surface area contributed by atoms with Gasteiger partial charge in [0.05, 0.1) is 11.7 Å². The second kappa shape index (κ2) is 5.48. The van der Waals surface area contributed by atoms with Gasteiger partial charge in [-0.15, -0.1) is 0 Å². The molecule has 2 rings (SSSR count). The van der Waals surface area contributed by atoms with E-state index in [-0.39, 0.29) is 0 Å². The first-order valence-corrected chi connectivity index (χ1v) is 6.69. The number of hydrogen-bond donors (Lipinski definition) is 1. The third kappa shape index (κ3) is 2.25. The van der Waals surface area contributed by atoms with Gasteiger partial charge in [-0.25, -0.2) is 4.98 Å². The molecule has 0 aliphatic carbocycles. The monoisotopic (exact) mass is 246 g/mol. The Hall–Kier alpha value is -1.42. The molecule has 1 atom stereocenters. The Morgan fingerprint density at radius 1 is 1.39 bits per heavy atom. The molecule has 0 bridgehead atoms. The molecule has 0 aliphatic heterocycles. The van der Waals surface area contributed by atoms with Crippen molar-refractivity contribution in [2.45, 2.75) is 39.7 Å². The van der Waals surface area contributed by atoms with E-state index in [4.69, 9.17) is 10.7 Å². The molecule has 18 heavy (non-hydrogen) atoms. The maximum atomic E-state index is 5.92. The first-order valence-electron chi connectivity index (χ1n) is 6.69. The molecule has 0 radical (unpaired) electrons. The number of hydrogen-bond acceptors (Lipinski definition) is 3. The lowest BCUT2D eigenvalue weighted by Crippen LogP contribution is -2.22. The van der Waals surface area contributed by atoms with Crippen molar-refractivity contribution in [3.05, 3.63) is 24.3 Å². The normalized spacial score (nSPS) is 13.4. The van der Waals surface area contributed by atoms with Crippen molar-refractivity contribution in [2.24, 2.45) is 11.7 Å². The highest BCUT2D eigenvalue weighted by atomic mass is 15.1. The highest BCUT2D eigenvalue weighted by molar-refractivity contribution is 5.74. The van der Waals surface area contributed by atoms with Crippen molar-refractivity contribution in [2.75, 3.05) is 6.54 Å². The van der Waals surface area contributed by atoms with Crippen LogP contribution in [-0.2, 0) is 6.54 Å². The zero-order valence-electron chi connectivity index (χ0n) is 11.4. The van der Waals surface area contributed by atoms with Gasteiger partial charge in [-0.2, -0.15) is 0 Å². The molecule has 98 valence electrons. The molecular weight excluding hydrogens is 224 g/mol. The second-order valence-electron chi connectivity index (χ2n) is 5.07. The number of rotatable bonds is 5. The predicted octanol–water partition coefficient (Wildman–Crippen LogP) is 2.54. The quantitative estimate of drug-likeness (QED) is 0.882. The van der Waals surface area contributed by atoms with Crippen LogP contribution in [0, 0.1) is 5.92 Å². The van der Waals surface area contributed by atoms with Gasteiger partial charge in [-0.05, 0) is 18.4 Å². The number of nitrogens with zero attached hydrogens (tertiary/aromatic N) is 3. The molecule has 2 aromatic heterocycles. The van der Waals surface area contributed by atoms with Gasteiger partial charge < -0.3 is 10.3 Å². The van der Waals surface area contributed by atoms with Crippen molar-refractivity contribution < 1.29 is 0 Å². The maximum absolute atomic E-state index is 5.92. The van der Waals surface area contributed by atoms with Crippen LogP contribution in [0.3, 0.4) is 0 Å². The number of nitrogens with two attached hydrogens (primary N) is 1. The fourth-order valence-corrected chi connectivity index (χ4v) is 2.42. The molecule has 0 saturated heterocycles. The zero-order chi connectivity index (χ0) is 13.1. The van der Waals surface area contributed by atoms with Gasteiger partial charge in [0.15, 0.2) is 0 Å². The molecule has 4 nitrogen and oxygen atoms in total. The van der Waals surface area contributed by atoms with E-state index in [0.29, 0.717) is 18.4 Å². The summed E-state index contributed by atoms with van der Waals surface area (Å²) < 4.78 is 2.30. The Labute approximate surface area is 108 Å². The SMILES string of the molecule is CCCn1c(C(CN)C(C)C)nc2cnccc21. The number of aryl methyl sites for hydroxylation is 1. The summed E-state index contributed by atoms with van der Waals surface area (Å²) in [5.74, 6) is 1.91. The van der Waals surface area contributed by atoms with Crippen LogP contribution in [0.25, 0.3) is 11.0 Å². The van der Waals surface area contributed by atoms with E-state index in [1.807, 2.05) is 18.5 Å². The minimum atomic E-state index is 0.309. The van der Waals surface area contributed by atoms with Crippen LogP contribution < -0.4 is 5.73 Å². The van der Waals surface area contributed by atoms with Crippen LogP contribution >= 0.6 is 0 Å². The Morgan fingerprint density at radius 3 is 2.78 bits per heavy atom. The first-order chi connectivity index (χ1) is 8.69. The van der Waals surface area contributed by atoms with Crippen molar-refractivity contribution in [1.82, 2.24) is 14.5 Å². The minimum absolute atomic E-state index is 0.309. The first kappa shape index (κ1) is 13.0. The van der Waals surface area contributed by atoms with Crippen LogP contribution in [-0.4, -0.2) is 21.1 Å². The Morgan fingerprint density at radius 2 is 2.17 bits per heavy atom.